The van der Waals surface area contributed by atoms with Crippen molar-refractivity contribution < 1.29 is 14.6 Å². The molecule has 0 amide bonds. The normalized spacial score (nSPS) is 40.1. The summed E-state index contributed by atoms with van der Waals surface area (Å²) >= 11 is 0. The number of ether oxygens (including phenoxy) is 1. The van der Waals surface area contributed by atoms with Gasteiger partial charge in [-0.25, -0.2) is 0 Å². The van der Waals surface area contributed by atoms with E-state index in [9.17, 15) is 9.90 Å². The first-order valence-electron chi connectivity index (χ1n) is 13.7. The minimum Gasteiger partial charge on any atom is -0.508 e. The number of hydrogen-bond donors (Lipinski definition) is 1. The quantitative estimate of drug-likeness (QED) is 0.451. The van der Waals surface area contributed by atoms with E-state index in [0.29, 0.717) is 29.6 Å². The molecule has 4 aliphatic carbocycles. The molecule has 1 aromatic heterocycles. The Hall–Kier alpha value is -2.40. The van der Waals surface area contributed by atoms with E-state index in [1.54, 1.807) is 12.1 Å². The van der Waals surface area contributed by atoms with Crippen molar-refractivity contribution in [2.75, 3.05) is 13.1 Å². The van der Waals surface area contributed by atoms with Crippen molar-refractivity contribution in [2.45, 2.75) is 63.5 Å². The van der Waals surface area contributed by atoms with E-state index in [0.717, 1.165) is 55.2 Å². The lowest BCUT2D eigenvalue weighted by molar-refractivity contribution is -0.184. The Labute approximate surface area is 207 Å². The molecule has 0 radical (unpaired) electrons. The lowest BCUT2D eigenvalue weighted by Gasteiger charge is -2.56. The van der Waals surface area contributed by atoms with Gasteiger partial charge in [-0.3, -0.25) is 14.7 Å². The van der Waals surface area contributed by atoms with E-state index in [-0.39, 0.29) is 29.3 Å². The number of aromatic nitrogens is 1. The van der Waals surface area contributed by atoms with Crippen LogP contribution in [-0.2, 0) is 9.53 Å². The van der Waals surface area contributed by atoms with Gasteiger partial charge in [0.15, 0.2) is 0 Å². The van der Waals surface area contributed by atoms with E-state index in [4.69, 9.17) is 4.74 Å². The fourth-order valence-corrected chi connectivity index (χ4v) is 9.05. The van der Waals surface area contributed by atoms with Crippen LogP contribution >= 0.6 is 0 Å². The third-order valence-corrected chi connectivity index (χ3v) is 10.3. The molecule has 9 rings (SSSR count). The van der Waals surface area contributed by atoms with Crippen LogP contribution in [0, 0.1) is 35.0 Å². The van der Waals surface area contributed by atoms with Crippen LogP contribution in [0.15, 0.2) is 43.1 Å². The summed E-state index contributed by atoms with van der Waals surface area (Å²) < 4.78 is 6.71. The lowest BCUT2D eigenvalue weighted by Crippen LogP contribution is -2.56. The molecule has 5 heteroatoms. The van der Waals surface area contributed by atoms with Crippen LogP contribution in [0.4, 0.5) is 0 Å². The van der Waals surface area contributed by atoms with Crippen molar-refractivity contribution in [2.24, 2.45) is 35.0 Å². The molecule has 2 aromatic rings. The second kappa shape index (κ2) is 8.06. The molecule has 3 aliphatic heterocycles. The molecule has 1 aromatic carbocycles. The highest BCUT2D eigenvalue weighted by atomic mass is 16.5. The smallest absolute Gasteiger partial charge is 0.312 e. The van der Waals surface area contributed by atoms with Gasteiger partial charge in [-0.05, 0) is 112 Å². The topological polar surface area (TPSA) is 62.7 Å². The molecule has 7 aliphatic rings. The summed E-state index contributed by atoms with van der Waals surface area (Å²) in [5, 5.41) is 11.2. The predicted octanol–water partition coefficient (Wildman–Crippen LogP) is 5.64. The monoisotopic (exact) mass is 472 g/mol. The van der Waals surface area contributed by atoms with Gasteiger partial charge in [0.25, 0.3) is 0 Å². The maximum absolute atomic E-state index is 14.1. The summed E-state index contributed by atoms with van der Waals surface area (Å²) in [6.07, 6.45) is 12.7. The van der Waals surface area contributed by atoms with E-state index in [1.807, 2.05) is 18.3 Å². The molecule has 7 fully saturated rings. The van der Waals surface area contributed by atoms with Gasteiger partial charge in [0.2, 0.25) is 0 Å². The van der Waals surface area contributed by atoms with Gasteiger partial charge < -0.3 is 9.84 Å². The van der Waals surface area contributed by atoms with Crippen LogP contribution in [0.2, 0.25) is 0 Å². The fourth-order valence-electron chi connectivity index (χ4n) is 9.05. The Morgan fingerprint density at radius 1 is 1.14 bits per heavy atom. The second-order valence-corrected chi connectivity index (χ2v) is 12.4. The summed E-state index contributed by atoms with van der Waals surface area (Å²) in [4.78, 5) is 21.2. The summed E-state index contributed by atoms with van der Waals surface area (Å²) in [5.74, 6) is 3.46. The Balaban J connectivity index is 1.27. The standard InChI is InChI=1S/C30H36N2O3/c1-2-21-17-32-8-6-22(21)12-27(32)28(24-5-7-31-26-4-3-23(33)13-25(24)26)35-29(34)30-14-18-9-19(15-30)11-20(10-18)16-30/h2-5,7,13,18-22,27-28,33H,1,6,8-12,14-17H2/t18?,19?,20?,21?,22?,27?,28-,30?/m0/s1. The molecule has 4 unspecified atom stereocenters. The SMILES string of the molecule is C=CC1CN2CCC1CC2[C@@H](OC(=O)C12CC3CC(CC(C3)C1)C2)c1ccnc2ccc(O)cc12. The number of benzene rings is 1. The molecule has 3 saturated heterocycles. The molecule has 6 bridgehead atoms. The first-order valence-corrected chi connectivity index (χ1v) is 13.7. The average Bonchev–Trinajstić information content (AvgIpc) is 2.86. The Bertz CT molecular complexity index is 1140. The van der Waals surface area contributed by atoms with Crippen LogP contribution < -0.4 is 0 Å². The van der Waals surface area contributed by atoms with Crippen molar-refractivity contribution in [3.05, 3.63) is 48.7 Å². The summed E-state index contributed by atoms with van der Waals surface area (Å²) in [5.41, 5.74) is 1.53. The van der Waals surface area contributed by atoms with Gasteiger partial charge in [0.1, 0.15) is 11.9 Å². The highest BCUT2D eigenvalue weighted by Crippen LogP contribution is 2.61. The number of hydrogen-bond acceptors (Lipinski definition) is 5. The highest BCUT2D eigenvalue weighted by Gasteiger charge is 2.56. The second-order valence-electron chi connectivity index (χ2n) is 12.4. The maximum atomic E-state index is 14.1. The van der Waals surface area contributed by atoms with Crippen molar-refractivity contribution >= 4 is 16.9 Å². The number of carbonyl (C=O) groups is 1. The Morgan fingerprint density at radius 3 is 2.54 bits per heavy atom. The number of piperidine rings is 3. The number of esters is 1. The van der Waals surface area contributed by atoms with E-state index < -0.39 is 0 Å². The minimum absolute atomic E-state index is 0.0367. The third kappa shape index (κ3) is 3.53. The lowest BCUT2D eigenvalue weighted by atomic mass is 9.49. The zero-order valence-corrected chi connectivity index (χ0v) is 20.4. The third-order valence-electron chi connectivity index (χ3n) is 10.3. The zero-order valence-electron chi connectivity index (χ0n) is 20.4. The largest absolute Gasteiger partial charge is 0.508 e. The molecular weight excluding hydrogens is 436 g/mol. The van der Waals surface area contributed by atoms with Gasteiger partial charge >= 0.3 is 5.97 Å². The summed E-state index contributed by atoms with van der Waals surface area (Å²) in [7, 11) is 0. The minimum atomic E-state index is -0.351. The Kier molecular flexibility index (Phi) is 5.03. The van der Waals surface area contributed by atoms with Gasteiger partial charge in [0, 0.05) is 23.7 Å². The molecule has 1 N–H and O–H groups in total. The fraction of sp³-hybridized carbons (Fsp3) is 0.600. The molecule has 0 spiro atoms. The van der Waals surface area contributed by atoms with Crippen molar-refractivity contribution in [3.63, 3.8) is 0 Å². The molecule has 4 heterocycles. The first kappa shape index (κ1) is 21.8. The van der Waals surface area contributed by atoms with Gasteiger partial charge in [0.05, 0.1) is 17.0 Å². The van der Waals surface area contributed by atoms with Gasteiger partial charge in [-0.1, -0.05) is 6.08 Å². The zero-order chi connectivity index (χ0) is 23.7. The summed E-state index contributed by atoms with van der Waals surface area (Å²) in [6.45, 7) is 6.11. The highest BCUT2D eigenvalue weighted by molar-refractivity contribution is 5.85. The van der Waals surface area contributed by atoms with Crippen LogP contribution in [0.1, 0.15) is 63.0 Å². The van der Waals surface area contributed by atoms with Gasteiger partial charge in [-0.2, -0.15) is 0 Å². The molecule has 5 nitrogen and oxygen atoms in total. The van der Waals surface area contributed by atoms with E-state index >= 15 is 0 Å². The molecule has 35 heavy (non-hydrogen) atoms. The number of pyridine rings is 1. The molecule has 184 valence electrons. The van der Waals surface area contributed by atoms with Crippen LogP contribution in [-0.4, -0.2) is 40.1 Å². The van der Waals surface area contributed by atoms with Crippen LogP contribution in [0.25, 0.3) is 10.9 Å². The first-order chi connectivity index (χ1) is 17.0. The van der Waals surface area contributed by atoms with Crippen molar-refractivity contribution in [1.82, 2.24) is 9.88 Å². The number of carbonyl (C=O) groups excluding carboxylic acids is 1. The number of fused-ring (bicyclic) bond motifs is 4. The average molecular weight is 473 g/mol. The van der Waals surface area contributed by atoms with E-state index in [2.05, 4.69) is 22.5 Å². The predicted molar refractivity (Wildman–Crippen MR) is 135 cm³/mol. The number of phenols is 1. The molecule has 4 saturated carbocycles. The van der Waals surface area contributed by atoms with Crippen molar-refractivity contribution in [1.29, 1.82) is 0 Å². The number of aromatic hydroxyl groups is 1. The Morgan fingerprint density at radius 2 is 1.89 bits per heavy atom. The van der Waals surface area contributed by atoms with Crippen molar-refractivity contribution in [3.8, 4) is 5.75 Å². The maximum Gasteiger partial charge on any atom is 0.312 e. The van der Waals surface area contributed by atoms with Crippen LogP contribution in [0.5, 0.6) is 5.75 Å². The molecule has 5 atom stereocenters. The number of nitrogens with zero attached hydrogens (tertiary/aromatic N) is 2. The van der Waals surface area contributed by atoms with E-state index in [1.165, 1.54) is 25.7 Å². The molecular formula is C30H36N2O3. The van der Waals surface area contributed by atoms with Gasteiger partial charge in [-0.15, -0.1) is 6.58 Å². The number of phenolic OH excluding ortho intramolecular Hbond substituents is 1. The van der Waals surface area contributed by atoms with Crippen LogP contribution in [0.3, 0.4) is 0 Å². The summed E-state index contributed by atoms with van der Waals surface area (Å²) in [6, 6.07) is 7.47. The number of rotatable bonds is 5.